The molecular formula is C14H19BrN4O3. The molecule has 8 heteroatoms. The van der Waals surface area contributed by atoms with Crippen LogP contribution in [0.15, 0.2) is 22.7 Å². The van der Waals surface area contributed by atoms with Crippen molar-refractivity contribution in [3.8, 4) is 0 Å². The molecule has 3 rings (SSSR count). The van der Waals surface area contributed by atoms with Crippen molar-refractivity contribution in [1.29, 1.82) is 0 Å². The highest BCUT2D eigenvalue weighted by molar-refractivity contribution is 8.93. The number of rotatable bonds is 3. The Bertz CT molecular complexity index is 592. The Balaban J connectivity index is 0.00000176. The third-order valence-corrected chi connectivity index (χ3v) is 3.51. The van der Waals surface area contributed by atoms with Crippen LogP contribution in [-0.2, 0) is 4.74 Å². The summed E-state index contributed by atoms with van der Waals surface area (Å²) in [5, 5.41) is 3.27. The summed E-state index contributed by atoms with van der Waals surface area (Å²) in [4.78, 5) is 21.8. The lowest BCUT2D eigenvalue weighted by atomic mass is 10.1. The van der Waals surface area contributed by atoms with Gasteiger partial charge in [0.05, 0.1) is 6.61 Å². The molecule has 0 atom stereocenters. The minimum absolute atomic E-state index is 0. The molecule has 0 bridgehead atoms. The molecule has 7 nitrogen and oxygen atoms in total. The van der Waals surface area contributed by atoms with Gasteiger partial charge in [0, 0.05) is 25.3 Å². The molecule has 0 unspecified atom stereocenters. The Morgan fingerprint density at radius 3 is 2.95 bits per heavy atom. The number of ether oxygens (including phenoxy) is 1. The Morgan fingerprint density at radius 2 is 2.27 bits per heavy atom. The average Bonchev–Trinajstić information content (AvgIpc) is 2.90. The second-order valence-electron chi connectivity index (χ2n) is 4.95. The molecule has 1 amide bonds. The van der Waals surface area contributed by atoms with Crippen LogP contribution in [0.4, 0.5) is 10.8 Å². The van der Waals surface area contributed by atoms with Crippen molar-refractivity contribution >= 4 is 40.3 Å². The monoisotopic (exact) mass is 370 g/mol. The molecule has 3 heterocycles. The predicted molar refractivity (Wildman–Crippen MR) is 87.4 cm³/mol. The first kappa shape index (κ1) is 16.5. The first-order chi connectivity index (χ1) is 10.3. The van der Waals surface area contributed by atoms with Gasteiger partial charge in [0.1, 0.15) is 0 Å². The molecule has 1 fully saturated rings. The van der Waals surface area contributed by atoms with Crippen molar-refractivity contribution in [3.05, 3.63) is 18.3 Å². The zero-order valence-electron chi connectivity index (χ0n) is 12.3. The molecule has 2 aromatic rings. The van der Waals surface area contributed by atoms with Crippen LogP contribution < -0.4 is 5.32 Å². The number of aromatic nitrogens is 2. The van der Waals surface area contributed by atoms with Gasteiger partial charge in [-0.3, -0.25) is 0 Å². The summed E-state index contributed by atoms with van der Waals surface area (Å²) in [6, 6.07) is 4.38. The molecule has 22 heavy (non-hydrogen) atoms. The molecule has 1 aliphatic rings. The van der Waals surface area contributed by atoms with Crippen molar-refractivity contribution < 1.29 is 13.9 Å². The van der Waals surface area contributed by atoms with E-state index in [9.17, 15) is 4.79 Å². The van der Waals surface area contributed by atoms with Crippen LogP contribution in [0.3, 0.4) is 0 Å². The number of carbonyl (C=O) groups excluding carboxylic acids is 1. The molecule has 0 aromatic carbocycles. The van der Waals surface area contributed by atoms with Gasteiger partial charge in [-0.25, -0.2) is 9.78 Å². The molecule has 0 aliphatic carbocycles. The van der Waals surface area contributed by atoms with Crippen LogP contribution in [0.25, 0.3) is 11.2 Å². The zero-order valence-corrected chi connectivity index (χ0v) is 14.0. The number of amides is 1. The Morgan fingerprint density at radius 1 is 1.50 bits per heavy atom. The largest absolute Gasteiger partial charge is 0.450 e. The number of hydrogen-bond acceptors (Lipinski definition) is 6. The standard InChI is InChI=1S/C14H18N4O3.BrH/c1-2-20-14(19)18-8-5-10(6-9-18)16-13-17-12-11(21-13)4-3-7-15-12;/h3-4,7,10H,2,5-6,8-9H2,1H3,(H,15,16,17);1H. The highest BCUT2D eigenvalue weighted by atomic mass is 79.9. The Hall–Kier alpha value is -1.83. The minimum Gasteiger partial charge on any atom is -0.450 e. The van der Waals surface area contributed by atoms with E-state index in [4.69, 9.17) is 9.15 Å². The van der Waals surface area contributed by atoms with Gasteiger partial charge in [-0.2, -0.15) is 4.98 Å². The molecule has 120 valence electrons. The lowest BCUT2D eigenvalue weighted by Gasteiger charge is -2.31. The van der Waals surface area contributed by atoms with E-state index in [2.05, 4.69) is 15.3 Å². The lowest BCUT2D eigenvalue weighted by Crippen LogP contribution is -2.42. The molecule has 2 aromatic heterocycles. The maximum atomic E-state index is 11.6. The van der Waals surface area contributed by atoms with Crippen molar-refractivity contribution in [1.82, 2.24) is 14.9 Å². The van der Waals surface area contributed by atoms with Crippen LogP contribution in [-0.4, -0.2) is 46.7 Å². The molecule has 1 saturated heterocycles. The number of carbonyl (C=O) groups is 1. The van der Waals surface area contributed by atoms with E-state index in [1.165, 1.54) is 0 Å². The highest BCUT2D eigenvalue weighted by Gasteiger charge is 2.24. The summed E-state index contributed by atoms with van der Waals surface area (Å²) in [6.45, 7) is 3.57. The van der Waals surface area contributed by atoms with E-state index in [0.29, 0.717) is 36.9 Å². The number of anilines is 1. The average molecular weight is 371 g/mol. The van der Waals surface area contributed by atoms with Crippen LogP contribution in [0.5, 0.6) is 0 Å². The minimum atomic E-state index is -0.234. The topological polar surface area (TPSA) is 80.5 Å². The molecule has 0 spiro atoms. The smallest absolute Gasteiger partial charge is 0.409 e. The zero-order chi connectivity index (χ0) is 14.7. The number of hydrogen-bond donors (Lipinski definition) is 1. The summed E-state index contributed by atoms with van der Waals surface area (Å²) in [7, 11) is 0. The number of halogens is 1. The number of nitrogens with one attached hydrogen (secondary N) is 1. The van der Waals surface area contributed by atoms with Gasteiger partial charge in [-0.05, 0) is 31.9 Å². The number of nitrogens with zero attached hydrogens (tertiary/aromatic N) is 3. The van der Waals surface area contributed by atoms with E-state index in [-0.39, 0.29) is 29.1 Å². The summed E-state index contributed by atoms with van der Waals surface area (Å²) in [5.41, 5.74) is 1.27. The van der Waals surface area contributed by atoms with Gasteiger partial charge >= 0.3 is 6.09 Å². The van der Waals surface area contributed by atoms with Gasteiger partial charge in [0.15, 0.2) is 5.58 Å². The summed E-state index contributed by atoms with van der Waals surface area (Å²) < 4.78 is 10.6. The second kappa shape index (κ2) is 7.44. The summed E-state index contributed by atoms with van der Waals surface area (Å²) in [6.07, 6.45) is 3.13. The van der Waals surface area contributed by atoms with Crippen LogP contribution >= 0.6 is 17.0 Å². The molecular weight excluding hydrogens is 352 g/mol. The molecule has 1 aliphatic heterocycles. The van der Waals surface area contributed by atoms with Gasteiger partial charge in [-0.15, -0.1) is 17.0 Å². The van der Waals surface area contributed by atoms with Crippen LogP contribution in [0.2, 0.25) is 0 Å². The van der Waals surface area contributed by atoms with Crippen LogP contribution in [0.1, 0.15) is 19.8 Å². The quantitative estimate of drug-likeness (QED) is 0.894. The fourth-order valence-electron chi connectivity index (χ4n) is 2.43. The number of pyridine rings is 1. The summed E-state index contributed by atoms with van der Waals surface area (Å²) in [5.74, 6) is 0. The van der Waals surface area contributed by atoms with E-state index < -0.39 is 0 Å². The number of piperidine rings is 1. The fraction of sp³-hybridized carbons (Fsp3) is 0.500. The predicted octanol–water partition coefficient (Wildman–Crippen LogP) is 2.83. The lowest BCUT2D eigenvalue weighted by molar-refractivity contribution is 0.0982. The summed E-state index contributed by atoms with van der Waals surface area (Å²) >= 11 is 0. The van der Waals surface area contributed by atoms with E-state index in [0.717, 1.165) is 12.8 Å². The second-order valence-corrected chi connectivity index (χ2v) is 4.95. The van der Waals surface area contributed by atoms with Crippen molar-refractivity contribution in [3.63, 3.8) is 0 Å². The first-order valence-corrected chi connectivity index (χ1v) is 7.16. The SMILES string of the molecule is Br.CCOC(=O)N1CCC(Nc2nc3ncccc3o2)CC1. The van der Waals surface area contributed by atoms with Crippen molar-refractivity contribution in [2.45, 2.75) is 25.8 Å². The Kier molecular flexibility index (Phi) is 5.59. The van der Waals surface area contributed by atoms with E-state index in [1.807, 2.05) is 19.1 Å². The van der Waals surface area contributed by atoms with E-state index >= 15 is 0 Å². The fourth-order valence-corrected chi connectivity index (χ4v) is 2.43. The van der Waals surface area contributed by atoms with Gasteiger partial charge in [0.2, 0.25) is 5.65 Å². The van der Waals surface area contributed by atoms with Gasteiger partial charge in [-0.1, -0.05) is 0 Å². The molecule has 0 saturated carbocycles. The number of fused-ring (bicyclic) bond motifs is 1. The van der Waals surface area contributed by atoms with Crippen molar-refractivity contribution in [2.75, 3.05) is 25.0 Å². The third-order valence-electron chi connectivity index (χ3n) is 3.51. The Labute approximate surface area is 138 Å². The molecule has 1 N–H and O–H groups in total. The highest BCUT2D eigenvalue weighted by Crippen LogP contribution is 2.20. The maximum absolute atomic E-state index is 11.6. The van der Waals surface area contributed by atoms with E-state index in [1.54, 1.807) is 11.1 Å². The van der Waals surface area contributed by atoms with Crippen molar-refractivity contribution in [2.24, 2.45) is 0 Å². The molecule has 0 radical (unpaired) electrons. The third kappa shape index (κ3) is 3.68. The normalized spacial score (nSPS) is 15.4. The van der Waals surface area contributed by atoms with Gasteiger partial charge < -0.3 is 19.4 Å². The first-order valence-electron chi connectivity index (χ1n) is 7.16. The number of oxazole rings is 1. The van der Waals surface area contributed by atoms with Crippen LogP contribution in [0, 0.1) is 0 Å². The number of likely N-dealkylation sites (tertiary alicyclic amines) is 1. The van der Waals surface area contributed by atoms with Gasteiger partial charge in [0.25, 0.3) is 6.01 Å². The maximum Gasteiger partial charge on any atom is 0.409 e.